The molecule has 0 saturated heterocycles. The average Bonchev–Trinajstić information content (AvgIpc) is 2.79. The van der Waals surface area contributed by atoms with Gasteiger partial charge in [-0.15, -0.1) is 0 Å². The number of nitrogens with one attached hydrogen (secondary N) is 1. The Morgan fingerprint density at radius 1 is 1.33 bits per heavy atom. The van der Waals surface area contributed by atoms with Crippen LogP contribution >= 0.6 is 0 Å². The standard InChI is InChI=1S/C14H18FN3/c1-3-9-18-12(7-8-17-18)10-16-13-6-4-5-11(2)14(13)15/h4-8,16H,3,9-10H2,1-2H3. The summed E-state index contributed by atoms with van der Waals surface area (Å²) in [4.78, 5) is 0. The van der Waals surface area contributed by atoms with E-state index in [1.807, 2.05) is 16.8 Å². The van der Waals surface area contributed by atoms with Gasteiger partial charge in [-0.2, -0.15) is 5.10 Å². The fourth-order valence-corrected chi connectivity index (χ4v) is 1.89. The van der Waals surface area contributed by atoms with Crippen LogP contribution in [0.2, 0.25) is 0 Å². The van der Waals surface area contributed by atoms with Gasteiger partial charge in [0.2, 0.25) is 0 Å². The maximum atomic E-state index is 13.8. The first kappa shape index (κ1) is 12.6. The molecule has 2 rings (SSSR count). The predicted octanol–water partition coefficient (Wildman–Crippen LogP) is 3.35. The number of hydrogen-bond donors (Lipinski definition) is 1. The second kappa shape index (κ2) is 5.67. The van der Waals surface area contributed by atoms with Crippen LogP contribution in [0, 0.1) is 12.7 Å². The van der Waals surface area contributed by atoms with E-state index in [1.54, 1.807) is 25.3 Å². The molecule has 0 unspecified atom stereocenters. The van der Waals surface area contributed by atoms with E-state index in [4.69, 9.17) is 0 Å². The van der Waals surface area contributed by atoms with Gasteiger partial charge in [0.25, 0.3) is 0 Å². The lowest BCUT2D eigenvalue weighted by molar-refractivity contribution is 0.577. The van der Waals surface area contributed by atoms with Gasteiger partial charge in [-0.25, -0.2) is 4.39 Å². The van der Waals surface area contributed by atoms with E-state index in [2.05, 4.69) is 17.3 Å². The number of aromatic nitrogens is 2. The van der Waals surface area contributed by atoms with Crippen molar-refractivity contribution < 1.29 is 4.39 Å². The fraction of sp³-hybridized carbons (Fsp3) is 0.357. The Balaban J connectivity index is 2.07. The van der Waals surface area contributed by atoms with Gasteiger partial charge >= 0.3 is 0 Å². The second-order valence-corrected chi connectivity index (χ2v) is 4.34. The first-order chi connectivity index (χ1) is 8.72. The van der Waals surface area contributed by atoms with Crippen molar-refractivity contribution in [3.05, 3.63) is 47.5 Å². The minimum atomic E-state index is -0.181. The SMILES string of the molecule is CCCn1nccc1CNc1cccc(C)c1F. The Bertz CT molecular complexity index is 520. The molecule has 96 valence electrons. The van der Waals surface area contributed by atoms with Gasteiger partial charge in [-0.1, -0.05) is 19.1 Å². The lowest BCUT2D eigenvalue weighted by Gasteiger charge is -2.10. The van der Waals surface area contributed by atoms with Crippen LogP contribution in [0.3, 0.4) is 0 Å². The summed E-state index contributed by atoms with van der Waals surface area (Å²) in [6.07, 6.45) is 2.81. The quantitative estimate of drug-likeness (QED) is 0.878. The molecule has 2 aromatic rings. The molecule has 0 saturated carbocycles. The van der Waals surface area contributed by atoms with Gasteiger partial charge in [-0.3, -0.25) is 4.68 Å². The van der Waals surface area contributed by atoms with E-state index in [1.165, 1.54) is 0 Å². The smallest absolute Gasteiger partial charge is 0.149 e. The van der Waals surface area contributed by atoms with Crippen molar-refractivity contribution in [3.63, 3.8) is 0 Å². The molecule has 0 radical (unpaired) electrons. The van der Waals surface area contributed by atoms with E-state index in [-0.39, 0.29) is 5.82 Å². The highest BCUT2D eigenvalue weighted by Gasteiger charge is 2.06. The van der Waals surface area contributed by atoms with Crippen LogP contribution in [0.1, 0.15) is 24.6 Å². The normalized spacial score (nSPS) is 10.6. The van der Waals surface area contributed by atoms with Gasteiger partial charge in [-0.05, 0) is 31.0 Å². The molecule has 1 aromatic carbocycles. The Morgan fingerprint density at radius 3 is 2.94 bits per heavy atom. The van der Waals surface area contributed by atoms with Crippen molar-refractivity contribution >= 4 is 5.69 Å². The molecule has 3 nitrogen and oxygen atoms in total. The van der Waals surface area contributed by atoms with Gasteiger partial charge in [0.05, 0.1) is 17.9 Å². The fourth-order valence-electron chi connectivity index (χ4n) is 1.89. The molecule has 1 N–H and O–H groups in total. The van der Waals surface area contributed by atoms with E-state index >= 15 is 0 Å². The van der Waals surface area contributed by atoms with Crippen LogP contribution in [0.25, 0.3) is 0 Å². The van der Waals surface area contributed by atoms with E-state index in [9.17, 15) is 4.39 Å². The highest BCUT2D eigenvalue weighted by Crippen LogP contribution is 2.17. The van der Waals surface area contributed by atoms with Crippen molar-refractivity contribution in [2.75, 3.05) is 5.32 Å². The van der Waals surface area contributed by atoms with Crippen molar-refractivity contribution in [3.8, 4) is 0 Å². The zero-order chi connectivity index (χ0) is 13.0. The number of benzene rings is 1. The van der Waals surface area contributed by atoms with Gasteiger partial charge < -0.3 is 5.32 Å². The van der Waals surface area contributed by atoms with Crippen LogP contribution in [0.4, 0.5) is 10.1 Å². The van der Waals surface area contributed by atoms with Crippen molar-refractivity contribution in [1.29, 1.82) is 0 Å². The number of aryl methyl sites for hydroxylation is 2. The third-order valence-corrected chi connectivity index (χ3v) is 2.89. The molecule has 4 heteroatoms. The molecule has 0 spiro atoms. The monoisotopic (exact) mass is 247 g/mol. The van der Waals surface area contributed by atoms with Crippen LogP contribution in [-0.4, -0.2) is 9.78 Å². The van der Waals surface area contributed by atoms with Crippen LogP contribution in [0.5, 0.6) is 0 Å². The minimum Gasteiger partial charge on any atom is -0.377 e. The molecule has 18 heavy (non-hydrogen) atoms. The topological polar surface area (TPSA) is 29.9 Å². The third-order valence-electron chi connectivity index (χ3n) is 2.89. The molecule has 0 amide bonds. The Labute approximate surface area is 107 Å². The Morgan fingerprint density at radius 2 is 2.17 bits per heavy atom. The van der Waals surface area contributed by atoms with Crippen molar-refractivity contribution in [2.24, 2.45) is 0 Å². The average molecular weight is 247 g/mol. The van der Waals surface area contributed by atoms with Gasteiger partial charge in [0, 0.05) is 12.7 Å². The number of nitrogens with zero attached hydrogens (tertiary/aromatic N) is 2. The highest BCUT2D eigenvalue weighted by atomic mass is 19.1. The molecule has 1 heterocycles. The molecule has 0 aliphatic rings. The summed E-state index contributed by atoms with van der Waals surface area (Å²) in [5, 5.41) is 7.36. The van der Waals surface area contributed by atoms with E-state index in [0.29, 0.717) is 17.8 Å². The van der Waals surface area contributed by atoms with Gasteiger partial charge in [0.1, 0.15) is 5.82 Å². The first-order valence-electron chi connectivity index (χ1n) is 6.22. The van der Waals surface area contributed by atoms with Crippen molar-refractivity contribution in [1.82, 2.24) is 9.78 Å². The third kappa shape index (κ3) is 2.70. The maximum absolute atomic E-state index is 13.8. The highest BCUT2D eigenvalue weighted by molar-refractivity contribution is 5.47. The molecule has 0 atom stereocenters. The lowest BCUT2D eigenvalue weighted by Crippen LogP contribution is -2.09. The number of rotatable bonds is 5. The molecular weight excluding hydrogens is 229 g/mol. The largest absolute Gasteiger partial charge is 0.377 e. The summed E-state index contributed by atoms with van der Waals surface area (Å²) in [5.74, 6) is -0.181. The number of halogens is 1. The predicted molar refractivity (Wildman–Crippen MR) is 71.0 cm³/mol. The van der Waals surface area contributed by atoms with Crippen LogP contribution < -0.4 is 5.32 Å². The van der Waals surface area contributed by atoms with Gasteiger partial charge in [0.15, 0.2) is 0 Å². The molecule has 0 bridgehead atoms. The summed E-state index contributed by atoms with van der Waals surface area (Å²) < 4.78 is 15.7. The number of anilines is 1. The molecule has 1 aromatic heterocycles. The summed E-state index contributed by atoms with van der Waals surface area (Å²) in [5.41, 5.74) is 2.26. The van der Waals surface area contributed by atoms with Crippen LogP contribution in [-0.2, 0) is 13.1 Å². The summed E-state index contributed by atoms with van der Waals surface area (Å²) in [6.45, 7) is 5.35. The molecular formula is C14H18FN3. The Kier molecular flexibility index (Phi) is 3.97. The molecule has 0 aliphatic heterocycles. The number of hydrogen-bond acceptors (Lipinski definition) is 2. The lowest BCUT2D eigenvalue weighted by atomic mass is 10.2. The van der Waals surface area contributed by atoms with Crippen molar-refractivity contribution in [2.45, 2.75) is 33.4 Å². The van der Waals surface area contributed by atoms with E-state index in [0.717, 1.165) is 18.7 Å². The van der Waals surface area contributed by atoms with Crippen LogP contribution in [0.15, 0.2) is 30.5 Å². The summed E-state index contributed by atoms with van der Waals surface area (Å²) >= 11 is 0. The summed E-state index contributed by atoms with van der Waals surface area (Å²) in [6, 6.07) is 7.32. The summed E-state index contributed by atoms with van der Waals surface area (Å²) in [7, 11) is 0. The molecule has 0 aliphatic carbocycles. The minimum absolute atomic E-state index is 0.181. The molecule has 0 fully saturated rings. The van der Waals surface area contributed by atoms with E-state index < -0.39 is 0 Å². The zero-order valence-electron chi connectivity index (χ0n) is 10.8. The maximum Gasteiger partial charge on any atom is 0.149 e. The first-order valence-corrected chi connectivity index (χ1v) is 6.22. The second-order valence-electron chi connectivity index (χ2n) is 4.34. The zero-order valence-corrected chi connectivity index (χ0v) is 10.8. The Hall–Kier alpha value is -1.84.